The van der Waals surface area contributed by atoms with Gasteiger partial charge in [0.2, 0.25) is 0 Å². The lowest BCUT2D eigenvalue weighted by Crippen LogP contribution is -2.36. The standard InChI is InChI=1S/C18H21N5O2/c1-2-7-19-17-12-15(20-13-21-17)18(24)22-14-5-3-4-6-16(14)23-8-10-25-11-9-23/h2-6,12-13H,1,7-11H2,(H,22,24)(H,19,20,21). The zero-order valence-electron chi connectivity index (χ0n) is 13.9. The Hall–Kier alpha value is -2.93. The van der Waals surface area contributed by atoms with Gasteiger partial charge in [0.15, 0.2) is 0 Å². The van der Waals surface area contributed by atoms with Gasteiger partial charge in [-0.05, 0) is 12.1 Å². The molecule has 1 aliphatic rings. The minimum absolute atomic E-state index is 0.273. The molecule has 7 heteroatoms. The Bertz CT molecular complexity index is 744. The number of anilines is 3. The van der Waals surface area contributed by atoms with Crippen LogP contribution in [0.3, 0.4) is 0 Å². The highest BCUT2D eigenvalue weighted by molar-refractivity contribution is 6.05. The van der Waals surface area contributed by atoms with Crippen LogP contribution in [0.1, 0.15) is 10.5 Å². The lowest BCUT2D eigenvalue weighted by atomic mass is 10.2. The molecule has 0 bridgehead atoms. The summed E-state index contributed by atoms with van der Waals surface area (Å²) in [5.41, 5.74) is 2.05. The third-order valence-electron chi connectivity index (χ3n) is 3.83. The van der Waals surface area contributed by atoms with Crippen LogP contribution in [-0.2, 0) is 4.74 Å². The summed E-state index contributed by atoms with van der Waals surface area (Å²) in [6.07, 6.45) is 3.09. The van der Waals surface area contributed by atoms with Crippen molar-refractivity contribution in [3.63, 3.8) is 0 Å². The van der Waals surface area contributed by atoms with Gasteiger partial charge in [0.25, 0.3) is 5.91 Å². The van der Waals surface area contributed by atoms with Crippen molar-refractivity contribution in [3.8, 4) is 0 Å². The number of ether oxygens (including phenoxy) is 1. The SMILES string of the molecule is C=CCNc1cc(C(=O)Nc2ccccc2N2CCOCC2)ncn1. The van der Waals surface area contributed by atoms with E-state index in [4.69, 9.17) is 4.74 Å². The van der Waals surface area contributed by atoms with Crippen molar-refractivity contribution in [3.05, 3.63) is 55.0 Å². The van der Waals surface area contributed by atoms with Crippen molar-refractivity contribution in [1.82, 2.24) is 9.97 Å². The van der Waals surface area contributed by atoms with Crippen molar-refractivity contribution in [2.24, 2.45) is 0 Å². The molecule has 0 saturated carbocycles. The topological polar surface area (TPSA) is 79.4 Å². The molecule has 0 radical (unpaired) electrons. The summed E-state index contributed by atoms with van der Waals surface area (Å²) < 4.78 is 5.40. The van der Waals surface area contributed by atoms with E-state index in [0.29, 0.717) is 31.3 Å². The number of carbonyl (C=O) groups excluding carboxylic acids is 1. The smallest absolute Gasteiger partial charge is 0.274 e. The van der Waals surface area contributed by atoms with Crippen molar-refractivity contribution in [1.29, 1.82) is 0 Å². The molecule has 0 spiro atoms. The molecular weight excluding hydrogens is 318 g/mol. The molecule has 3 rings (SSSR count). The number of rotatable bonds is 6. The molecule has 2 aromatic rings. The first-order chi connectivity index (χ1) is 12.3. The van der Waals surface area contributed by atoms with Crippen molar-refractivity contribution in [2.75, 3.05) is 48.4 Å². The number of amides is 1. The van der Waals surface area contributed by atoms with E-state index < -0.39 is 0 Å². The lowest BCUT2D eigenvalue weighted by Gasteiger charge is -2.30. The molecule has 1 fully saturated rings. The van der Waals surface area contributed by atoms with Gasteiger partial charge in [-0.1, -0.05) is 18.2 Å². The molecule has 25 heavy (non-hydrogen) atoms. The van der Waals surface area contributed by atoms with Crippen LogP contribution < -0.4 is 15.5 Å². The van der Waals surface area contributed by atoms with Gasteiger partial charge in [0.1, 0.15) is 17.8 Å². The van der Waals surface area contributed by atoms with E-state index in [-0.39, 0.29) is 5.91 Å². The zero-order chi connectivity index (χ0) is 17.5. The summed E-state index contributed by atoms with van der Waals surface area (Å²) in [5, 5.41) is 5.99. The average molecular weight is 339 g/mol. The highest BCUT2D eigenvalue weighted by atomic mass is 16.5. The van der Waals surface area contributed by atoms with Gasteiger partial charge >= 0.3 is 0 Å². The van der Waals surface area contributed by atoms with Crippen LogP contribution in [0.15, 0.2) is 49.3 Å². The predicted molar refractivity (Wildman–Crippen MR) is 98.1 cm³/mol. The first-order valence-corrected chi connectivity index (χ1v) is 8.18. The van der Waals surface area contributed by atoms with Gasteiger partial charge < -0.3 is 20.3 Å². The third-order valence-corrected chi connectivity index (χ3v) is 3.83. The second-order valence-corrected chi connectivity index (χ2v) is 5.53. The zero-order valence-corrected chi connectivity index (χ0v) is 13.9. The molecule has 2 heterocycles. The van der Waals surface area contributed by atoms with E-state index in [0.717, 1.165) is 24.5 Å². The average Bonchev–Trinajstić information content (AvgIpc) is 2.67. The summed E-state index contributed by atoms with van der Waals surface area (Å²) >= 11 is 0. The van der Waals surface area contributed by atoms with E-state index in [1.807, 2.05) is 24.3 Å². The summed E-state index contributed by atoms with van der Waals surface area (Å²) in [6, 6.07) is 9.37. The molecule has 0 atom stereocenters. The number of hydrogen-bond acceptors (Lipinski definition) is 6. The molecular formula is C18H21N5O2. The van der Waals surface area contributed by atoms with Crippen molar-refractivity contribution in [2.45, 2.75) is 0 Å². The Kier molecular flexibility index (Phi) is 5.58. The van der Waals surface area contributed by atoms with Crippen LogP contribution in [0.2, 0.25) is 0 Å². The second-order valence-electron chi connectivity index (χ2n) is 5.53. The first-order valence-electron chi connectivity index (χ1n) is 8.18. The van der Waals surface area contributed by atoms with Crippen LogP contribution in [0.5, 0.6) is 0 Å². The van der Waals surface area contributed by atoms with E-state index in [9.17, 15) is 4.79 Å². The van der Waals surface area contributed by atoms with E-state index in [1.165, 1.54) is 6.33 Å². The number of hydrogen-bond donors (Lipinski definition) is 2. The fourth-order valence-corrected chi connectivity index (χ4v) is 2.60. The molecule has 0 aliphatic carbocycles. The highest BCUT2D eigenvalue weighted by Crippen LogP contribution is 2.26. The molecule has 1 aromatic carbocycles. The maximum Gasteiger partial charge on any atom is 0.274 e. The van der Waals surface area contributed by atoms with Gasteiger partial charge in [-0.2, -0.15) is 0 Å². The number of nitrogens with zero attached hydrogens (tertiary/aromatic N) is 3. The Morgan fingerprint density at radius 3 is 2.88 bits per heavy atom. The maximum absolute atomic E-state index is 12.6. The van der Waals surface area contributed by atoms with Crippen LogP contribution in [0.4, 0.5) is 17.2 Å². The van der Waals surface area contributed by atoms with Gasteiger partial charge in [0, 0.05) is 25.7 Å². The molecule has 1 amide bonds. The van der Waals surface area contributed by atoms with Gasteiger partial charge in [-0.25, -0.2) is 9.97 Å². The first kappa shape index (κ1) is 16.9. The Labute approximate surface area is 146 Å². The third kappa shape index (κ3) is 4.33. The number of aromatic nitrogens is 2. The van der Waals surface area contributed by atoms with E-state index >= 15 is 0 Å². The van der Waals surface area contributed by atoms with E-state index in [1.54, 1.807) is 12.1 Å². The number of carbonyl (C=O) groups is 1. The molecule has 1 aliphatic heterocycles. The van der Waals surface area contributed by atoms with Crippen molar-refractivity contribution >= 4 is 23.1 Å². The quantitative estimate of drug-likeness (QED) is 0.785. The van der Waals surface area contributed by atoms with Gasteiger partial charge in [-0.15, -0.1) is 6.58 Å². The Balaban J connectivity index is 1.76. The summed E-state index contributed by atoms with van der Waals surface area (Å²) in [5.74, 6) is 0.311. The molecule has 1 saturated heterocycles. The highest BCUT2D eigenvalue weighted by Gasteiger charge is 2.17. The normalized spacial score (nSPS) is 14.0. The molecule has 130 valence electrons. The fourth-order valence-electron chi connectivity index (χ4n) is 2.60. The fraction of sp³-hybridized carbons (Fsp3) is 0.278. The maximum atomic E-state index is 12.6. The number of morpholine rings is 1. The minimum Gasteiger partial charge on any atom is -0.378 e. The predicted octanol–water partition coefficient (Wildman–Crippen LogP) is 2.16. The van der Waals surface area contributed by atoms with Crippen LogP contribution in [-0.4, -0.2) is 48.7 Å². The van der Waals surface area contributed by atoms with Crippen LogP contribution in [0.25, 0.3) is 0 Å². The van der Waals surface area contributed by atoms with Gasteiger partial charge in [0.05, 0.1) is 24.6 Å². The van der Waals surface area contributed by atoms with Crippen LogP contribution >= 0.6 is 0 Å². The number of benzene rings is 1. The van der Waals surface area contributed by atoms with E-state index in [2.05, 4.69) is 32.1 Å². The summed E-state index contributed by atoms with van der Waals surface area (Å²) in [7, 11) is 0. The molecule has 7 nitrogen and oxygen atoms in total. The largest absolute Gasteiger partial charge is 0.378 e. The van der Waals surface area contributed by atoms with Crippen LogP contribution in [0, 0.1) is 0 Å². The summed E-state index contributed by atoms with van der Waals surface area (Å²) in [4.78, 5) is 22.9. The Morgan fingerprint density at radius 1 is 1.28 bits per heavy atom. The minimum atomic E-state index is -0.273. The second kappa shape index (κ2) is 8.25. The number of nitrogens with one attached hydrogen (secondary N) is 2. The Morgan fingerprint density at radius 2 is 2.08 bits per heavy atom. The van der Waals surface area contributed by atoms with Gasteiger partial charge in [-0.3, -0.25) is 4.79 Å². The molecule has 1 aromatic heterocycles. The lowest BCUT2D eigenvalue weighted by molar-refractivity contribution is 0.102. The van der Waals surface area contributed by atoms with Crippen molar-refractivity contribution < 1.29 is 9.53 Å². The summed E-state index contributed by atoms with van der Waals surface area (Å²) in [6.45, 7) is 7.19. The molecule has 2 N–H and O–H groups in total. The number of para-hydroxylation sites is 2. The molecule has 0 unspecified atom stereocenters. The monoisotopic (exact) mass is 339 g/mol.